The number of hydrogen-bond donors (Lipinski definition) is 3. The smallest absolute Gasteiger partial charge is 0.411 e. The fourth-order valence-corrected chi connectivity index (χ4v) is 1.31. The molecule has 1 atom stereocenters. The predicted molar refractivity (Wildman–Crippen MR) is 69.4 cm³/mol. The van der Waals surface area contributed by atoms with Gasteiger partial charge in [-0.2, -0.15) is 0 Å². The van der Waals surface area contributed by atoms with Crippen molar-refractivity contribution < 1.29 is 14.3 Å². The van der Waals surface area contributed by atoms with E-state index in [1.54, 1.807) is 31.2 Å². The van der Waals surface area contributed by atoms with Crippen molar-refractivity contribution in [2.24, 2.45) is 5.73 Å². The Labute approximate surface area is 105 Å². The number of carbonyl (C=O) groups excluding carboxylic acids is 2. The molecular weight excluding hydrogens is 234 g/mol. The molecule has 0 fully saturated rings. The summed E-state index contributed by atoms with van der Waals surface area (Å²) in [6.45, 7) is 1.77. The Morgan fingerprint density at radius 1 is 1.22 bits per heavy atom. The van der Waals surface area contributed by atoms with Gasteiger partial charge in [-0.15, -0.1) is 0 Å². The third-order valence-electron chi connectivity index (χ3n) is 2.11. The molecule has 0 saturated heterocycles. The minimum atomic E-state index is -0.538. The van der Waals surface area contributed by atoms with Gasteiger partial charge in [-0.3, -0.25) is 10.1 Å². The van der Waals surface area contributed by atoms with Crippen molar-refractivity contribution in [3.63, 3.8) is 0 Å². The quantitative estimate of drug-likeness (QED) is 0.756. The lowest BCUT2D eigenvalue weighted by Crippen LogP contribution is -2.23. The molecule has 6 heteroatoms. The van der Waals surface area contributed by atoms with Crippen LogP contribution in [0.3, 0.4) is 0 Å². The zero-order valence-electron chi connectivity index (χ0n) is 10.4. The summed E-state index contributed by atoms with van der Waals surface area (Å²) in [5.74, 6) is -0.140. The van der Waals surface area contributed by atoms with E-state index in [0.717, 1.165) is 0 Å². The van der Waals surface area contributed by atoms with E-state index < -0.39 is 6.09 Å². The molecule has 1 unspecified atom stereocenters. The first-order valence-electron chi connectivity index (χ1n) is 5.51. The van der Waals surface area contributed by atoms with E-state index in [2.05, 4.69) is 15.4 Å². The van der Waals surface area contributed by atoms with Crippen LogP contribution in [0.25, 0.3) is 0 Å². The largest absolute Gasteiger partial charge is 0.453 e. The van der Waals surface area contributed by atoms with E-state index in [0.29, 0.717) is 11.4 Å². The minimum absolute atomic E-state index is 0.140. The van der Waals surface area contributed by atoms with E-state index in [1.165, 1.54) is 7.11 Å². The summed E-state index contributed by atoms with van der Waals surface area (Å²) >= 11 is 0. The Morgan fingerprint density at radius 3 is 2.17 bits per heavy atom. The lowest BCUT2D eigenvalue weighted by atomic mass is 10.2. The Morgan fingerprint density at radius 2 is 1.72 bits per heavy atom. The van der Waals surface area contributed by atoms with Crippen LogP contribution in [0.1, 0.15) is 13.3 Å². The summed E-state index contributed by atoms with van der Waals surface area (Å²) in [5.41, 5.74) is 6.76. The van der Waals surface area contributed by atoms with E-state index in [9.17, 15) is 9.59 Å². The molecule has 0 aliphatic heterocycles. The summed E-state index contributed by atoms with van der Waals surface area (Å²) in [5, 5.41) is 5.22. The van der Waals surface area contributed by atoms with Crippen molar-refractivity contribution in [3.8, 4) is 0 Å². The van der Waals surface area contributed by atoms with Gasteiger partial charge in [0, 0.05) is 23.8 Å². The third kappa shape index (κ3) is 4.84. The number of methoxy groups -OCH3 is 1. The average Bonchev–Trinajstić information content (AvgIpc) is 2.30. The van der Waals surface area contributed by atoms with Crippen LogP contribution in [0.15, 0.2) is 24.3 Å². The molecule has 0 aliphatic rings. The van der Waals surface area contributed by atoms with Crippen molar-refractivity contribution >= 4 is 23.4 Å². The number of nitrogens with one attached hydrogen (secondary N) is 2. The number of nitrogens with two attached hydrogens (primary N) is 1. The summed E-state index contributed by atoms with van der Waals surface area (Å²) in [6, 6.07) is 6.52. The maximum absolute atomic E-state index is 11.5. The van der Waals surface area contributed by atoms with E-state index in [4.69, 9.17) is 5.73 Å². The number of carbonyl (C=O) groups is 2. The summed E-state index contributed by atoms with van der Waals surface area (Å²) in [6.07, 6.45) is -0.272. The monoisotopic (exact) mass is 251 g/mol. The first kappa shape index (κ1) is 14.0. The number of hydrogen-bond acceptors (Lipinski definition) is 4. The van der Waals surface area contributed by atoms with Crippen LogP contribution in [0, 0.1) is 0 Å². The average molecular weight is 251 g/mol. The van der Waals surface area contributed by atoms with Gasteiger partial charge in [0.05, 0.1) is 7.11 Å². The number of rotatable bonds is 4. The zero-order chi connectivity index (χ0) is 13.5. The molecule has 4 N–H and O–H groups in total. The maximum Gasteiger partial charge on any atom is 0.411 e. The van der Waals surface area contributed by atoms with Crippen molar-refractivity contribution in [3.05, 3.63) is 24.3 Å². The Balaban J connectivity index is 2.55. The van der Waals surface area contributed by atoms with Crippen LogP contribution >= 0.6 is 0 Å². The molecule has 0 spiro atoms. The molecule has 0 saturated carbocycles. The molecule has 1 aromatic carbocycles. The highest BCUT2D eigenvalue weighted by atomic mass is 16.5. The second-order valence-corrected chi connectivity index (χ2v) is 3.92. The third-order valence-corrected chi connectivity index (χ3v) is 2.11. The van der Waals surface area contributed by atoms with Gasteiger partial charge in [-0.05, 0) is 31.2 Å². The van der Waals surface area contributed by atoms with Crippen molar-refractivity contribution in [1.29, 1.82) is 0 Å². The zero-order valence-corrected chi connectivity index (χ0v) is 10.4. The SMILES string of the molecule is COC(=O)Nc1ccc(NC(=O)CC(C)N)cc1. The second-order valence-electron chi connectivity index (χ2n) is 3.92. The second kappa shape index (κ2) is 6.61. The predicted octanol–water partition coefficient (Wildman–Crippen LogP) is 1.54. The molecule has 0 aliphatic carbocycles. The number of ether oxygens (including phenoxy) is 1. The van der Waals surface area contributed by atoms with Crippen LogP contribution in [0.4, 0.5) is 16.2 Å². The van der Waals surface area contributed by atoms with Crippen molar-refractivity contribution in [1.82, 2.24) is 0 Å². The van der Waals surface area contributed by atoms with E-state index >= 15 is 0 Å². The van der Waals surface area contributed by atoms with E-state index in [1.807, 2.05) is 0 Å². The summed E-state index contributed by atoms with van der Waals surface area (Å²) < 4.78 is 4.46. The molecule has 0 aromatic heterocycles. The highest BCUT2D eigenvalue weighted by Crippen LogP contribution is 2.14. The molecule has 0 heterocycles. The topological polar surface area (TPSA) is 93.5 Å². The standard InChI is InChI=1S/C12H17N3O3/c1-8(13)7-11(16)14-9-3-5-10(6-4-9)15-12(17)18-2/h3-6,8H,7,13H2,1-2H3,(H,14,16)(H,15,17). The van der Waals surface area contributed by atoms with Crippen LogP contribution in [-0.4, -0.2) is 25.2 Å². The van der Waals surface area contributed by atoms with Gasteiger partial charge in [0.15, 0.2) is 0 Å². The van der Waals surface area contributed by atoms with Crippen LogP contribution in [0.2, 0.25) is 0 Å². The van der Waals surface area contributed by atoms with Gasteiger partial charge in [0.2, 0.25) is 5.91 Å². The van der Waals surface area contributed by atoms with Gasteiger partial charge in [0.1, 0.15) is 0 Å². The Kier molecular flexibility index (Phi) is 5.13. The molecular formula is C12H17N3O3. The minimum Gasteiger partial charge on any atom is -0.453 e. The fourth-order valence-electron chi connectivity index (χ4n) is 1.31. The lowest BCUT2D eigenvalue weighted by molar-refractivity contribution is -0.116. The molecule has 0 radical (unpaired) electrons. The number of anilines is 2. The van der Waals surface area contributed by atoms with Gasteiger partial charge >= 0.3 is 6.09 Å². The first-order chi connectivity index (χ1) is 8.51. The Bertz CT molecular complexity index is 415. The van der Waals surface area contributed by atoms with Crippen LogP contribution in [0.5, 0.6) is 0 Å². The Hall–Kier alpha value is -2.08. The van der Waals surface area contributed by atoms with Crippen molar-refractivity contribution in [2.45, 2.75) is 19.4 Å². The highest BCUT2D eigenvalue weighted by molar-refractivity contribution is 5.91. The first-order valence-corrected chi connectivity index (χ1v) is 5.51. The molecule has 18 heavy (non-hydrogen) atoms. The van der Waals surface area contributed by atoms with Crippen LogP contribution < -0.4 is 16.4 Å². The van der Waals surface area contributed by atoms with Crippen LogP contribution in [-0.2, 0) is 9.53 Å². The van der Waals surface area contributed by atoms with E-state index in [-0.39, 0.29) is 18.4 Å². The summed E-state index contributed by atoms with van der Waals surface area (Å²) in [7, 11) is 1.29. The molecule has 98 valence electrons. The van der Waals surface area contributed by atoms with Crippen molar-refractivity contribution in [2.75, 3.05) is 17.7 Å². The number of amides is 2. The van der Waals surface area contributed by atoms with Gasteiger partial charge in [-0.25, -0.2) is 4.79 Å². The molecule has 6 nitrogen and oxygen atoms in total. The normalized spacial score (nSPS) is 11.5. The molecule has 1 aromatic rings. The highest BCUT2D eigenvalue weighted by Gasteiger charge is 2.05. The molecule has 1 rings (SSSR count). The molecule has 2 amide bonds. The lowest BCUT2D eigenvalue weighted by Gasteiger charge is -2.08. The van der Waals surface area contributed by atoms with Gasteiger partial charge in [0.25, 0.3) is 0 Å². The fraction of sp³-hybridized carbons (Fsp3) is 0.333. The maximum atomic E-state index is 11.5. The molecule has 0 bridgehead atoms. The summed E-state index contributed by atoms with van der Waals surface area (Å²) in [4.78, 5) is 22.4. The van der Waals surface area contributed by atoms with Gasteiger partial charge < -0.3 is 15.8 Å². The number of benzene rings is 1. The van der Waals surface area contributed by atoms with Gasteiger partial charge in [-0.1, -0.05) is 0 Å².